The first-order chi connectivity index (χ1) is 14.1. The fourth-order valence-electron chi connectivity index (χ4n) is 2.92. The third-order valence-corrected chi connectivity index (χ3v) is 4.44. The molecule has 0 spiro atoms. The molecule has 0 heterocycles. The molecule has 0 aliphatic heterocycles. The monoisotopic (exact) mass is 387 g/mol. The molecule has 29 heavy (non-hydrogen) atoms. The number of nitrogens with one attached hydrogen (secondary N) is 1. The van der Waals surface area contributed by atoms with Crippen LogP contribution in [0.1, 0.15) is 44.8 Å². The van der Waals surface area contributed by atoms with Gasteiger partial charge < -0.3 is 10.1 Å². The molecule has 1 amide bonds. The summed E-state index contributed by atoms with van der Waals surface area (Å²) in [6.45, 7) is 1.42. The second-order valence-electron chi connectivity index (χ2n) is 6.52. The maximum Gasteiger partial charge on any atom is 0.339 e. The van der Waals surface area contributed by atoms with Crippen molar-refractivity contribution in [1.82, 2.24) is 5.32 Å². The molecule has 0 bridgehead atoms. The zero-order valence-corrected chi connectivity index (χ0v) is 16.0. The normalized spacial score (nSPS) is 11.3. The van der Waals surface area contributed by atoms with Gasteiger partial charge in [0.2, 0.25) is 0 Å². The Balaban J connectivity index is 1.64. The van der Waals surface area contributed by atoms with E-state index in [1.807, 2.05) is 43.3 Å². The highest BCUT2D eigenvalue weighted by Crippen LogP contribution is 2.16. The molecule has 0 saturated carbocycles. The van der Waals surface area contributed by atoms with E-state index < -0.39 is 18.5 Å². The van der Waals surface area contributed by atoms with E-state index in [1.165, 1.54) is 6.07 Å². The summed E-state index contributed by atoms with van der Waals surface area (Å²) in [7, 11) is 0. The summed E-state index contributed by atoms with van der Waals surface area (Å²) in [4.78, 5) is 37.4. The second-order valence-corrected chi connectivity index (χ2v) is 6.52. The molecule has 0 fully saturated rings. The number of ether oxygens (including phenoxy) is 1. The highest BCUT2D eigenvalue weighted by atomic mass is 16.5. The van der Waals surface area contributed by atoms with E-state index in [1.54, 1.807) is 42.5 Å². The van der Waals surface area contributed by atoms with E-state index in [-0.39, 0.29) is 23.0 Å². The average molecular weight is 387 g/mol. The molecule has 1 atom stereocenters. The van der Waals surface area contributed by atoms with Crippen LogP contribution in [0.4, 0.5) is 0 Å². The number of carbonyl (C=O) groups excluding carboxylic acids is 3. The molecule has 0 unspecified atom stereocenters. The van der Waals surface area contributed by atoms with Crippen LogP contribution in [0.2, 0.25) is 0 Å². The van der Waals surface area contributed by atoms with Crippen molar-refractivity contribution >= 4 is 17.7 Å². The van der Waals surface area contributed by atoms with Crippen molar-refractivity contribution in [3.63, 3.8) is 0 Å². The summed E-state index contributed by atoms with van der Waals surface area (Å²) in [6.07, 6.45) is 0. The molecule has 3 aromatic carbocycles. The van der Waals surface area contributed by atoms with Crippen LogP contribution in [0.25, 0.3) is 0 Å². The zero-order valence-electron chi connectivity index (χ0n) is 16.0. The number of carbonyl (C=O) groups is 3. The van der Waals surface area contributed by atoms with Crippen LogP contribution in [-0.4, -0.2) is 24.3 Å². The largest absolute Gasteiger partial charge is 0.452 e. The molecule has 0 aliphatic rings. The highest BCUT2D eigenvalue weighted by Gasteiger charge is 2.20. The Morgan fingerprint density at radius 2 is 1.34 bits per heavy atom. The van der Waals surface area contributed by atoms with Crippen LogP contribution >= 0.6 is 0 Å². The molecular weight excluding hydrogens is 366 g/mol. The molecule has 5 heteroatoms. The van der Waals surface area contributed by atoms with Crippen molar-refractivity contribution < 1.29 is 19.1 Å². The third-order valence-electron chi connectivity index (χ3n) is 4.44. The molecule has 0 radical (unpaired) electrons. The van der Waals surface area contributed by atoms with Crippen molar-refractivity contribution in [2.45, 2.75) is 13.0 Å². The lowest BCUT2D eigenvalue weighted by atomic mass is 9.98. The van der Waals surface area contributed by atoms with Crippen LogP contribution < -0.4 is 5.32 Å². The van der Waals surface area contributed by atoms with Crippen molar-refractivity contribution in [2.24, 2.45) is 0 Å². The number of amides is 1. The Hall–Kier alpha value is -3.73. The van der Waals surface area contributed by atoms with Gasteiger partial charge in [0.15, 0.2) is 12.4 Å². The van der Waals surface area contributed by atoms with Gasteiger partial charge in [-0.05, 0) is 18.6 Å². The summed E-state index contributed by atoms with van der Waals surface area (Å²) in [5.41, 5.74) is 1.79. The standard InChI is InChI=1S/C24H21NO4/c1-17(18-10-4-2-5-11-18)25-22(26)16-29-24(28)21-15-9-8-14-20(21)23(27)19-12-6-3-7-13-19/h2-15,17H,16H2,1H3,(H,25,26)/t17-/m1/s1. The van der Waals surface area contributed by atoms with E-state index in [4.69, 9.17) is 4.74 Å². The Morgan fingerprint density at radius 3 is 2.00 bits per heavy atom. The smallest absolute Gasteiger partial charge is 0.339 e. The maximum absolute atomic E-state index is 12.7. The maximum atomic E-state index is 12.7. The van der Waals surface area contributed by atoms with E-state index in [2.05, 4.69) is 5.32 Å². The van der Waals surface area contributed by atoms with Gasteiger partial charge in [0, 0.05) is 11.1 Å². The number of hydrogen-bond acceptors (Lipinski definition) is 4. The predicted octanol–water partition coefficient (Wildman–Crippen LogP) is 3.95. The zero-order chi connectivity index (χ0) is 20.6. The van der Waals surface area contributed by atoms with Gasteiger partial charge in [-0.3, -0.25) is 9.59 Å². The van der Waals surface area contributed by atoms with Gasteiger partial charge in [-0.25, -0.2) is 4.79 Å². The van der Waals surface area contributed by atoms with Crippen molar-refractivity contribution in [3.8, 4) is 0 Å². The van der Waals surface area contributed by atoms with Gasteiger partial charge in [0.1, 0.15) is 0 Å². The first kappa shape index (κ1) is 20.0. The van der Waals surface area contributed by atoms with Gasteiger partial charge in [-0.1, -0.05) is 78.9 Å². The molecule has 3 aromatic rings. The topological polar surface area (TPSA) is 72.5 Å². The summed E-state index contributed by atoms with van der Waals surface area (Å²) in [5.74, 6) is -1.41. The minimum absolute atomic E-state index is 0.130. The summed E-state index contributed by atoms with van der Waals surface area (Å²) in [6, 6.07) is 24.4. The van der Waals surface area contributed by atoms with E-state index >= 15 is 0 Å². The fraction of sp³-hybridized carbons (Fsp3) is 0.125. The van der Waals surface area contributed by atoms with E-state index in [9.17, 15) is 14.4 Å². The molecule has 3 rings (SSSR count). The van der Waals surface area contributed by atoms with Gasteiger partial charge >= 0.3 is 5.97 Å². The average Bonchev–Trinajstić information content (AvgIpc) is 2.78. The van der Waals surface area contributed by atoms with Crippen LogP contribution in [0, 0.1) is 0 Å². The summed E-state index contributed by atoms with van der Waals surface area (Å²) >= 11 is 0. The summed E-state index contributed by atoms with van der Waals surface area (Å²) in [5, 5.41) is 2.78. The molecule has 0 aromatic heterocycles. The van der Waals surface area contributed by atoms with E-state index in [0.717, 1.165) is 5.56 Å². The SMILES string of the molecule is C[C@@H](NC(=O)COC(=O)c1ccccc1C(=O)c1ccccc1)c1ccccc1. The minimum atomic E-state index is -0.715. The van der Waals surface area contributed by atoms with Crippen molar-refractivity contribution in [3.05, 3.63) is 107 Å². The van der Waals surface area contributed by atoms with Crippen LogP contribution in [0.15, 0.2) is 84.9 Å². The number of benzene rings is 3. The molecule has 0 aliphatic carbocycles. The second kappa shape index (κ2) is 9.46. The molecule has 0 saturated heterocycles. The lowest BCUT2D eigenvalue weighted by Crippen LogP contribution is -2.31. The van der Waals surface area contributed by atoms with Crippen LogP contribution in [0.5, 0.6) is 0 Å². The Bertz CT molecular complexity index is 1000. The number of ketones is 1. The van der Waals surface area contributed by atoms with Crippen LogP contribution in [0.3, 0.4) is 0 Å². The quantitative estimate of drug-likeness (QED) is 0.492. The molecule has 146 valence electrons. The lowest BCUT2D eigenvalue weighted by Gasteiger charge is -2.14. The Morgan fingerprint density at radius 1 is 0.793 bits per heavy atom. The first-order valence-electron chi connectivity index (χ1n) is 9.26. The number of rotatable bonds is 7. The predicted molar refractivity (Wildman–Crippen MR) is 110 cm³/mol. The van der Waals surface area contributed by atoms with Crippen LogP contribution in [-0.2, 0) is 9.53 Å². The van der Waals surface area contributed by atoms with Gasteiger partial charge in [0.05, 0.1) is 11.6 Å². The number of esters is 1. The highest BCUT2D eigenvalue weighted by molar-refractivity contribution is 6.14. The minimum Gasteiger partial charge on any atom is -0.452 e. The number of hydrogen-bond donors (Lipinski definition) is 1. The molecule has 5 nitrogen and oxygen atoms in total. The molecular formula is C24H21NO4. The molecule has 1 N–H and O–H groups in total. The fourth-order valence-corrected chi connectivity index (χ4v) is 2.92. The third kappa shape index (κ3) is 5.17. The van der Waals surface area contributed by atoms with E-state index in [0.29, 0.717) is 5.56 Å². The van der Waals surface area contributed by atoms with Gasteiger partial charge in [0.25, 0.3) is 5.91 Å². The first-order valence-corrected chi connectivity index (χ1v) is 9.26. The lowest BCUT2D eigenvalue weighted by molar-refractivity contribution is -0.124. The Labute approximate surface area is 169 Å². The van der Waals surface area contributed by atoms with Crippen molar-refractivity contribution in [1.29, 1.82) is 0 Å². The van der Waals surface area contributed by atoms with Gasteiger partial charge in [-0.15, -0.1) is 0 Å². The summed E-state index contributed by atoms with van der Waals surface area (Å²) < 4.78 is 5.15. The Kier molecular flexibility index (Phi) is 6.53. The van der Waals surface area contributed by atoms with Crippen molar-refractivity contribution in [2.75, 3.05) is 6.61 Å². The van der Waals surface area contributed by atoms with Gasteiger partial charge in [-0.2, -0.15) is 0 Å².